The third-order valence-corrected chi connectivity index (χ3v) is 3.13. The fourth-order valence-electron chi connectivity index (χ4n) is 2.09. The molecule has 1 fully saturated rings. The second-order valence-electron chi connectivity index (χ2n) is 4.56. The van der Waals surface area contributed by atoms with Gasteiger partial charge in [-0.3, -0.25) is 0 Å². The van der Waals surface area contributed by atoms with Crippen LogP contribution >= 0.6 is 0 Å². The van der Waals surface area contributed by atoms with Gasteiger partial charge in [-0.2, -0.15) is 0 Å². The Kier molecular flexibility index (Phi) is 5.64. The zero-order valence-electron chi connectivity index (χ0n) is 11.0. The fraction of sp³-hybridized carbons (Fsp3) is 0.769. The first-order valence-electron chi connectivity index (χ1n) is 6.62. The highest BCUT2D eigenvalue weighted by Gasteiger charge is 2.19. The lowest BCUT2D eigenvalue weighted by Crippen LogP contribution is -2.21. The van der Waals surface area contributed by atoms with Gasteiger partial charge in [-0.25, -0.2) is 4.98 Å². The van der Waals surface area contributed by atoms with E-state index >= 15 is 0 Å². The van der Waals surface area contributed by atoms with Gasteiger partial charge >= 0.3 is 0 Å². The molecule has 2 rings (SSSR count). The van der Waals surface area contributed by atoms with Crippen molar-refractivity contribution < 1.29 is 13.9 Å². The second-order valence-corrected chi connectivity index (χ2v) is 4.56. The molecule has 0 spiro atoms. The first-order chi connectivity index (χ1) is 8.90. The zero-order valence-corrected chi connectivity index (χ0v) is 11.0. The van der Waals surface area contributed by atoms with Crippen LogP contribution in [0.3, 0.4) is 0 Å². The van der Waals surface area contributed by atoms with Crippen LogP contribution in [-0.4, -0.2) is 45.0 Å². The van der Waals surface area contributed by atoms with Crippen molar-refractivity contribution in [1.82, 2.24) is 10.3 Å². The van der Waals surface area contributed by atoms with E-state index in [4.69, 9.17) is 13.9 Å². The first-order valence-corrected chi connectivity index (χ1v) is 6.62. The average molecular weight is 254 g/mol. The van der Waals surface area contributed by atoms with Crippen molar-refractivity contribution in [2.75, 3.05) is 40.0 Å². The Morgan fingerprint density at radius 1 is 1.50 bits per heavy atom. The number of hydrogen-bond acceptors (Lipinski definition) is 5. The molecule has 0 amide bonds. The molecular weight excluding hydrogens is 232 g/mol. The summed E-state index contributed by atoms with van der Waals surface area (Å²) in [4.78, 5) is 4.32. The number of nitrogens with one attached hydrogen (secondary N) is 1. The summed E-state index contributed by atoms with van der Waals surface area (Å²) in [6.07, 6.45) is 4.92. The highest BCUT2D eigenvalue weighted by molar-refractivity contribution is 5.03. The van der Waals surface area contributed by atoms with Crippen molar-refractivity contribution in [3.8, 4) is 0 Å². The molecule has 1 atom stereocenters. The van der Waals surface area contributed by atoms with E-state index in [2.05, 4.69) is 10.3 Å². The Bertz CT molecular complexity index is 335. The van der Waals surface area contributed by atoms with E-state index in [1.807, 2.05) is 6.20 Å². The molecule has 1 unspecified atom stereocenters. The van der Waals surface area contributed by atoms with Crippen molar-refractivity contribution in [3.63, 3.8) is 0 Å². The first kappa shape index (κ1) is 13.5. The molecule has 0 radical (unpaired) electrons. The maximum Gasteiger partial charge on any atom is 0.195 e. The quantitative estimate of drug-likeness (QED) is 0.744. The monoisotopic (exact) mass is 254 g/mol. The molecule has 102 valence electrons. The molecule has 1 aromatic rings. The predicted octanol–water partition coefficient (Wildman–Crippen LogP) is 1.35. The van der Waals surface area contributed by atoms with Gasteiger partial charge in [0.25, 0.3) is 0 Å². The lowest BCUT2D eigenvalue weighted by molar-refractivity contribution is 0.0738. The molecule has 18 heavy (non-hydrogen) atoms. The summed E-state index contributed by atoms with van der Waals surface area (Å²) < 4.78 is 16.2. The molecule has 1 aliphatic rings. The van der Waals surface area contributed by atoms with Crippen LogP contribution in [0, 0.1) is 0 Å². The van der Waals surface area contributed by atoms with Crippen LogP contribution in [0.2, 0.25) is 0 Å². The smallest absolute Gasteiger partial charge is 0.195 e. The molecule has 0 aliphatic carbocycles. The SMILES string of the molecule is COCCNCCc1ncc(C2CCCOC2)o1. The number of nitrogens with zero attached hydrogens (tertiary/aromatic N) is 1. The molecule has 0 saturated carbocycles. The van der Waals surface area contributed by atoms with Gasteiger partial charge in [-0.05, 0) is 12.8 Å². The minimum Gasteiger partial charge on any atom is -0.445 e. The molecule has 5 nitrogen and oxygen atoms in total. The Morgan fingerprint density at radius 2 is 2.44 bits per heavy atom. The van der Waals surface area contributed by atoms with Crippen LogP contribution < -0.4 is 5.32 Å². The Morgan fingerprint density at radius 3 is 3.22 bits per heavy atom. The predicted molar refractivity (Wildman–Crippen MR) is 67.7 cm³/mol. The lowest BCUT2D eigenvalue weighted by Gasteiger charge is -2.19. The summed E-state index contributed by atoms with van der Waals surface area (Å²) in [6, 6.07) is 0. The van der Waals surface area contributed by atoms with Gasteiger partial charge in [0.2, 0.25) is 0 Å². The Hall–Kier alpha value is -0.910. The van der Waals surface area contributed by atoms with Crippen LogP contribution in [0.15, 0.2) is 10.6 Å². The molecule has 0 aromatic carbocycles. The molecular formula is C13H22N2O3. The van der Waals surface area contributed by atoms with E-state index in [-0.39, 0.29) is 0 Å². The number of aromatic nitrogens is 1. The van der Waals surface area contributed by atoms with Gasteiger partial charge in [0.15, 0.2) is 5.89 Å². The highest BCUT2D eigenvalue weighted by Crippen LogP contribution is 2.25. The largest absolute Gasteiger partial charge is 0.445 e. The maximum atomic E-state index is 5.77. The van der Waals surface area contributed by atoms with Crippen molar-refractivity contribution in [2.45, 2.75) is 25.2 Å². The molecule has 2 heterocycles. The van der Waals surface area contributed by atoms with Gasteiger partial charge in [-0.1, -0.05) is 0 Å². The van der Waals surface area contributed by atoms with E-state index in [1.165, 1.54) is 0 Å². The maximum absolute atomic E-state index is 5.77. The molecule has 1 aromatic heterocycles. The van der Waals surface area contributed by atoms with Crippen LogP contribution in [0.5, 0.6) is 0 Å². The third-order valence-electron chi connectivity index (χ3n) is 3.13. The second kappa shape index (κ2) is 7.51. The Labute approximate surface area is 108 Å². The molecule has 1 N–H and O–H groups in total. The summed E-state index contributed by atoms with van der Waals surface area (Å²) in [6.45, 7) is 4.10. The van der Waals surface area contributed by atoms with Gasteiger partial charge in [-0.15, -0.1) is 0 Å². The number of hydrogen-bond donors (Lipinski definition) is 1. The molecule has 5 heteroatoms. The summed E-state index contributed by atoms with van der Waals surface area (Å²) >= 11 is 0. The number of ether oxygens (including phenoxy) is 2. The summed E-state index contributed by atoms with van der Waals surface area (Å²) in [5.74, 6) is 2.17. The van der Waals surface area contributed by atoms with E-state index < -0.39 is 0 Å². The van der Waals surface area contributed by atoms with E-state index in [9.17, 15) is 0 Å². The van der Waals surface area contributed by atoms with Crippen molar-refractivity contribution >= 4 is 0 Å². The van der Waals surface area contributed by atoms with Crippen LogP contribution in [0.25, 0.3) is 0 Å². The van der Waals surface area contributed by atoms with Gasteiger partial charge in [0.1, 0.15) is 5.76 Å². The van der Waals surface area contributed by atoms with Gasteiger partial charge in [0, 0.05) is 39.1 Å². The fourth-order valence-corrected chi connectivity index (χ4v) is 2.09. The highest BCUT2D eigenvalue weighted by atomic mass is 16.5. The zero-order chi connectivity index (χ0) is 12.6. The average Bonchev–Trinajstić information content (AvgIpc) is 2.88. The van der Waals surface area contributed by atoms with Crippen molar-refractivity contribution in [3.05, 3.63) is 17.8 Å². The summed E-state index contributed by atoms with van der Waals surface area (Å²) in [5, 5.41) is 3.27. The summed E-state index contributed by atoms with van der Waals surface area (Å²) in [7, 11) is 1.70. The van der Waals surface area contributed by atoms with E-state index in [0.29, 0.717) is 5.92 Å². The van der Waals surface area contributed by atoms with Crippen LogP contribution in [0.4, 0.5) is 0 Å². The standard InChI is InChI=1S/C13H22N2O3/c1-16-8-6-14-5-4-13-15-9-12(18-13)11-3-2-7-17-10-11/h9,11,14H,2-8,10H2,1H3. The van der Waals surface area contributed by atoms with Crippen molar-refractivity contribution in [2.24, 2.45) is 0 Å². The van der Waals surface area contributed by atoms with Crippen LogP contribution in [-0.2, 0) is 15.9 Å². The minimum atomic E-state index is 0.390. The van der Waals surface area contributed by atoms with Gasteiger partial charge < -0.3 is 19.2 Å². The van der Waals surface area contributed by atoms with E-state index in [1.54, 1.807) is 7.11 Å². The number of methoxy groups -OCH3 is 1. The topological polar surface area (TPSA) is 56.5 Å². The van der Waals surface area contributed by atoms with Gasteiger partial charge in [0.05, 0.1) is 19.4 Å². The molecule has 0 bridgehead atoms. The Balaban J connectivity index is 1.72. The van der Waals surface area contributed by atoms with Crippen LogP contribution in [0.1, 0.15) is 30.4 Å². The number of oxazole rings is 1. The number of rotatable bonds is 7. The van der Waals surface area contributed by atoms with Crippen molar-refractivity contribution in [1.29, 1.82) is 0 Å². The lowest BCUT2D eigenvalue weighted by atomic mass is 10.0. The molecule has 1 saturated heterocycles. The molecule has 1 aliphatic heterocycles. The minimum absolute atomic E-state index is 0.390. The summed E-state index contributed by atoms with van der Waals surface area (Å²) in [5.41, 5.74) is 0. The third kappa shape index (κ3) is 4.08. The normalized spacial score (nSPS) is 20.2. The van der Waals surface area contributed by atoms with E-state index in [0.717, 1.165) is 63.8 Å².